The van der Waals surface area contributed by atoms with Crippen LogP contribution in [0.3, 0.4) is 0 Å². The summed E-state index contributed by atoms with van der Waals surface area (Å²) in [5, 5.41) is 24.1. The molecule has 0 bridgehead atoms. The minimum atomic E-state index is -0.669. The molecule has 0 radical (unpaired) electrons. The maximum absolute atomic E-state index is 13.0. The first-order chi connectivity index (χ1) is 18.2. The van der Waals surface area contributed by atoms with E-state index >= 15 is 0 Å². The topological polar surface area (TPSA) is 174 Å². The van der Waals surface area contributed by atoms with Gasteiger partial charge < -0.3 is 19.7 Å². The molecule has 0 aliphatic carbocycles. The number of nitro benzene ring substituents is 2. The lowest BCUT2D eigenvalue weighted by molar-refractivity contribution is -0.385. The Kier molecular flexibility index (Phi) is 7.99. The second kappa shape index (κ2) is 11.5. The summed E-state index contributed by atoms with van der Waals surface area (Å²) in [5.41, 5.74) is 1.06. The third kappa shape index (κ3) is 6.32. The van der Waals surface area contributed by atoms with E-state index in [1.165, 1.54) is 53.4 Å². The zero-order valence-corrected chi connectivity index (χ0v) is 20.2. The van der Waals surface area contributed by atoms with Crippen molar-refractivity contribution in [3.8, 4) is 0 Å². The summed E-state index contributed by atoms with van der Waals surface area (Å²) in [6, 6.07) is 10.3. The molecular weight excluding hydrogens is 502 g/mol. The van der Waals surface area contributed by atoms with Crippen molar-refractivity contribution < 1.29 is 33.7 Å². The van der Waals surface area contributed by atoms with Gasteiger partial charge in [0.1, 0.15) is 19.3 Å². The molecule has 0 saturated carbocycles. The van der Waals surface area contributed by atoms with Crippen LogP contribution in [0.15, 0.2) is 48.5 Å². The van der Waals surface area contributed by atoms with Crippen molar-refractivity contribution in [2.45, 2.75) is 38.1 Å². The van der Waals surface area contributed by atoms with Crippen molar-refractivity contribution in [1.82, 2.24) is 15.1 Å². The molecule has 2 heterocycles. The Morgan fingerprint density at radius 2 is 1.39 bits per heavy atom. The van der Waals surface area contributed by atoms with Gasteiger partial charge in [0.25, 0.3) is 11.4 Å². The number of rotatable bonds is 8. The van der Waals surface area contributed by atoms with Gasteiger partial charge in [0.15, 0.2) is 0 Å². The Morgan fingerprint density at radius 1 is 0.868 bits per heavy atom. The fourth-order valence-electron chi connectivity index (χ4n) is 4.22. The highest BCUT2D eigenvalue weighted by molar-refractivity contribution is 5.87. The van der Waals surface area contributed by atoms with E-state index in [0.717, 1.165) is 0 Å². The Labute approximate surface area is 216 Å². The second-order valence-electron chi connectivity index (χ2n) is 8.91. The lowest BCUT2D eigenvalue weighted by Crippen LogP contribution is -2.64. The molecular formula is C24H25N5O9. The predicted molar refractivity (Wildman–Crippen MR) is 130 cm³/mol. The molecule has 2 aromatic carbocycles. The third-order valence-electron chi connectivity index (χ3n) is 6.31. The van der Waals surface area contributed by atoms with Crippen LogP contribution in [0.5, 0.6) is 0 Å². The van der Waals surface area contributed by atoms with E-state index in [-0.39, 0.29) is 49.6 Å². The Hall–Kier alpha value is -4.75. The first kappa shape index (κ1) is 26.3. The van der Waals surface area contributed by atoms with E-state index in [1.807, 2.05) is 0 Å². The minimum absolute atomic E-state index is 0.0573. The summed E-state index contributed by atoms with van der Waals surface area (Å²) in [4.78, 5) is 61.0. The highest BCUT2D eigenvalue weighted by atomic mass is 16.6. The first-order valence-corrected chi connectivity index (χ1v) is 11.8. The van der Waals surface area contributed by atoms with Crippen LogP contribution in [0.4, 0.5) is 21.0 Å². The molecule has 200 valence electrons. The van der Waals surface area contributed by atoms with Gasteiger partial charge in [-0.05, 0) is 48.2 Å². The van der Waals surface area contributed by atoms with Crippen molar-refractivity contribution in [1.29, 1.82) is 0 Å². The standard InChI is InChI=1S/C24H25N5O9/c30-22(21-2-1-11-27(21)24(32)38-15-17-5-9-20(10-6-17)29(35)36)26-12-18(13-26)25-23(31)37-14-16-3-7-19(8-4-16)28(33)34/h3-10,18,21H,1-2,11-15H2,(H,25,31). The molecule has 38 heavy (non-hydrogen) atoms. The van der Waals surface area contributed by atoms with Crippen LogP contribution in [0.25, 0.3) is 0 Å². The largest absolute Gasteiger partial charge is 0.445 e. The number of nitrogens with one attached hydrogen (secondary N) is 1. The van der Waals surface area contributed by atoms with Crippen LogP contribution in [0, 0.1) is 20.2 Å². The van der Waals surface area contributed by atoms with Gasteiger partial charge in [0, 0.05) is 43.9 Å². The van der Waals surface area contributed by atoms with E-state index < -0.39 is 28.1 Å². The van der Waals surface area contributed by atoms with Crippen LogP contribution in [0.1, 0.15) is 24.0 Å². The monoisotopic (exact) mass is 527 g/mol. The highest BCUT2D eigenvalue weighted by Crippen LogP contribution is 2.23. The van der Waals surface area contributed by atoms with Gasteiger partial charge in [0.05, 0.1) is 15.9 Å². The fraction of sp³-hybridized carbons (Fsp3) is 0.375. The Balaban J connectivity index is 1.19. The van der Waals surface area contributed by atoms with Gasteiger partial charge in [0.2, 0.25) is 5.91 Å². The average molecular weight is 527 g/mol. The van der Waals surface area contributed by atoms with Crippen molar-refractivity contribution >= 4 is 29.5 Å². The molecule has 1 atom stereocenters. The van der Waals surface area contributed by atoms with Gasteiger partial charge >= 0.3 is 12.2 Å². The number of hydrogen-bond acceptors (Lipinski definition) is 9. The van der Waals surface area contributed by atoms with Crippen LogP contribution in [0.2, 0.25) is 0 Å². The predicted octanol–water partition coefficient (Wildman–Crippen LogP) is 2.74. The van der Waals surface area contributed by atoms with E-state index in [9.17, 15) is 34.6 Å². The van der Waals surface area contributed by atoms with Gasteiger partial charge in [-0.25, -0.2) is 9.59 Å². The number of nitrogens with zero attached hydrogens (tertiary/aromatic N) is 4. The zero-order valence-electron chi connectivity index (χ0n) is 20.2. The summed E-state index contributed by atoms with van der Waals surface area (Å²) in [6.07, 6.45) is -0.160. The number of ether oxygens (including phenoxy) is 2. The number of non-ortho nitro benzene ring substituents is 2. The molecule has 2 aromatic rings. The number of amides is 3. The summed E-state index contributed by atoms with van der Waals surface area (Å²) in [7, 11) is 0. The number of carbonyl (C=O) groups excluding carboxylic acids is 3. The van der Waals surface area contributed by atoms with Gasteiger partial charge in [-0.1, -0.05) is 0 Å². The van der Waals surface area contributed by atoms with Crippen molar-refractivity contribution in [2.75, 3.05) is 19.6 Å². The Morgan fingerprint density at radius 3 is 1.92 bits per heavy atom. The first-order valence-electron chi connectivity index (χ1n) is 11.8. The zero-order chi connectivity index (χ0) is 27.2. The van der Waals surface area contributed by atoms with Gasteiger partial charge in [-0.15, -0.1) is 0 Å². The number of alkyl carbamates (subject to hydrolysis) is 1. The lowest BCUT2D eigenvalue weighted by Gasteiger charge is -2.41. The van der Waals surface area contributed by atoms with Crippen LogP contribution in [-0.4, -0.2) is 69.5 Å². The quantitative estimate of drug-likeness (QED) is 0.400. The van der Waals surface area contributed by atoms with Crippen molar-refractivity contribution in [3.05, 3.63) is 79.9 Å². The summed E-state index contributed by atoms with van der Waals surface area (Å²) in [5.74, 6) is -0.230. The molecule has 2 fully saturated rings. The SMILES string of the molecule is O=C(NC1CN(C(=O)C2CCCN2C(=O)OCc2ccc([N+](=O)[O-])cc2)C1)OCc1ccc([N+](=O)[O-])cc1. The van der Waals surface area contributed by atoms with E-state index in [2.05, 4.69) is 5.32 Å². The number of nitro groups is 2. The van der Waals surface area contributed by atoms with E-state index in [1.54, 1.807) is 4.90 Å². The van der Waals surface area contributed by atoms with Crippen LogP contribution >= 0.6 is 0 Å². The smallest absolute Gasteiger partial charge is 0.410 e. The number of benzene rings is 2. The molecule has 0 spiro atoms. The normalized spacial score (nSPS) is 16.9. The summed E-state index contributed by atoms with van der Waals surface area (Å²) >= 11 is 0. The maximum atomic E-state index is 13.0. The molecule has 3 amide bonds. The average Bonchev–Trinajstić information content (AvgIpc) is 3.38. The summed E-state index contributed by atoms with van der Waals surface area (Å²) < 4.78 is 10.5. The maximum Gasteiger partial charge on any atom is 0.410 e. The summed E-state index contributed by atoms with van der Waals surface area (Å²) in [6.45, 7) is 0.783. The molecule has 0 aromatic heterocycles. The van der Waals surface area contributed by atoms with Crippen molar-refractivity contribution in [3.63, 3.8) is 0 Å². The van der Waals surface area contributed by atoms with E-state index in [4.69, 9.17) is 9.47 Å². The van der Waals surface area contributed by atoms with Crippen LogP contribution < -0.4 is 5.32 Å². The molecule has 1 N–H and O–H groups in total. The number of hydrogen-bond donors (Lipinski definition) is 1. The molecule has 1 unspecified atom stereocenters. The van der Waals surface area contributed by atoms with Gasteiger partial charge in [-0.2, -0.15) is 0 Å². The molecule has 2 aliphatic heterocycles. The van der Waals surface area contributed by atoms with Crippen molar-refractivity contribution in [2.24, 2.45) is 0 Å². The highest BCUT2D eigenvalue weighted by Gasteiger charge is 2.41. The minimum Gasteiger partial charge on any atom is -0.445 e. The molecule has 14 heteroatoms. The van der Waals surface area contributed by atoms with E-state index in [0.29, 0.717) is 30.5 Å². The van der Waals surface area contributed by atoms with Gasteiger partial charge in [-0.3, -0.25) is 29.9 Å². The molecule has 4 rings (SSSR count). The molecule has 2 saturated heterocycles. The fourth-order valence-corrected chi connectivity index (χ4v) is 4.22. The number of carbonyl (C=O) groups is 3. The molecule has 2 aliphatic rings. The lowest BCUT2D eigenvalue weighted by atomic mass is 10.1. The molecule has 14 nitrogen and oxygen atoms in total. The third-order valence-corrected chi connectivity index (χ3v) is 6.31. The number of likely N-dealkylation sites (tertiary alicyclic amines) is 2. The van der Waals surface area contributed by atoms with Crippen LogP contribution in [-0.2, 0) is 27.5 Å². The second-order valence-corrected chi connectivity index (χ2v) is 8.91. The Bertz CT molecular complexity index is 1210.